The maximum Gasteiger partial charge on any atom is 0.0192 e. The Kier molecular flexibility index (Phi) is 4.39. The van der Waals surface area contributed by atoms with Crippen LogP contribution in [0, 0.1) is 5.41 Å². The molecule has 0 bridgehead atoms. The fourth-order valence-electron chi connectivity index (χ4n) is 2.15. The van der Waals surface area contributed by atoms with Gasteiger partial charge in [0.1, 0.15) is 0 Å². The third kappa shape index (κ3) is 3.58. The lowest BCUT2D eigenvalue weighted by atomic mass is 9.88. The number of rotatable bonds is 4. The predicted molar refractivity (Wildman–Crippen MR) is 62.6 cm³/mol. The van der Waals surface area contributed by atoms with E-state index >= 15 is 0 Å². The standard InChI is InChI=1S/C12H26N2/c1-5-12(2,3)10-14-8-6-7-11(9-14)13-4/h11,13H,5-10H2,1-4H3. The lowest BCUT2D eigenvalue weighted by Gasteiger charge is -2.37. The number of nitrogens with one attached hydrogen (secondary N) is 1. The van der Waals surface area contributed by atoms with Gasteiger partial charge >= 0.3 is 0 Å². The summed E-state index contributed by atoms with van der Waals surface area (Å²) in [6, 6.07) is 0.719. The van der Waals surface area contributed by atoms with Crippen LogP contribution in [0.25, 0.3) is 0 Å². The molecule has 1 rings (SSSR count). The second-order valence-corrected chi connectivity index (χ2v) is 5.38. The Morgan fingerprint density at radius 1 is 1.43 bits per heavy atom. The van der Waals surface area contributed by atoms with Crippen LogP contribution in [0.2, 0.25) is 0 Å². The first kappa shape index (κ1) is 12.0. The smallest absolute Gasteiger partial charge is 0.0192 e. The lowest BCUT2D eigenvalue weighted by Crippen LogP contribution is -2.47. The Hall–Kier alpha value is -0.0800. The van der Waals surface area contributed by atoms with E-state index in [9.17, 15) is 0 Å². The first-order valence-electron chi connectivity index (χ1n) is 5.97. The van der Waals surface area contributed by atoms with Crippen LogP contribution in [-0.2, 0) is 0 Å². The van der Waals surface area contributed by atoms with Gasteiger partial charge < -0.3 is 10.2 Å². The van der Waals surface area contributed by atoms with E-state index in [2.05, 4.69) is 38.0 Å². The number of nitrogens with zero attached hydrogens (tertiary/aromatic N) is 1. The van der Waals surface area contributed by atoms with Crippen molar-refractivity contribution in [1.82, 2.24) is 10.2 Å². The van der Waals surface area contributed by atoms with Crippen molar-refractivity contribution in [1.29, 1.82) is 0 Å². The summed E-state index contributed by atoms with van der Waals surface area (Å²) >= 11 is 0. The molecule has 0 spiro atoms. The monoisotopic (exact) mass is 198 g/mol. The van der Waals surface area contributed by atoms with Gasteiger partial charge in [-0.25, -0.2) is 0 Å². The van der Waals surface area contributed by atoms with E-state index in [1.54, 1.807) is 0 Å². The third-order valence-corrected chi connectivity index (χ3v) is 3.52. The molecule has 2 nitrogen and oxygen atoms in total. The Labute approximate surface area is 89.1 Å². The van der Waals surface area contributed by atoms with Gasteiger partial charge in [0.15, 0.2) is 0 Å². The summed E-state index contributed by atoms with van der Waals surface area (Å²) in [6.07, 6.45) is 3.97. The number of piperidine rings is 1. The van der Waals surface area contributed by atoms with Crippen molar-refractivity contribution in [3.8, 4) is 0 Å². The molecule has 1 saturated heterocycles. The molecule has 84 valence electrons. The van der Waals surface area contributed by atoms with Crippen molar-refractivity contribution in [2.45, 2.75) is 46.1 Å². The van der Waals surface area contributed by atoms with Gasteiger partial charge in [-0.05, 0) is 38.3 Å². The highest BCUT2D eigenvalue weighted by molar-refractivity contribution is 4.80. The van der Waals surface area contributed by atoms with E-state index < -0.39 is 0 Å². The van der Waals surface area contributed by atoms with Gasteiger partial charge in [0.2, 0.25) is 0 Å². The van der Waals surface area contributed by atoms with Crippen LogP contribution in [-0.4, -0.2) is 37.6 Å². The number of likely N-dealkylation sites (N-methyl/N-ethyl adjacent to an activating group) is 1. The molecule has 0 aromatic rings. The molecule has 1 unspecified atom stereocenters. The largest absolute Gasteiger partial charge is 0.316 e. The molecule has 1 aliphatic heterocycles. The maximum atomic E-state index is 3.40. The Morgan fingerprint density at radius 2 is 2.14 bits per heavy atom. The number of hydrogen-bond acceptors (Lipinski definition) is 2. The fourth-order valence-corrected chi connectivity index (χ4v) is 2.15. The quantitative estimate of drug-likeness (QED) is 0.744. The van der Waals surface area contributed by atoms with Gasteiger partial charge in [-0.2, -0.15) is 0 Å². The minimum atomic E-state index is 0.482. The van der Waals surface area contributed by atoms with Crippen molar-refractivity contribution in [3.63, 3.8) is 0 Å². The highest BCUT2D eigenvalue weighted by Gasteiger charge is 2.24. The van der Waals surface area contributed by atoms with E-state index in [1.165, 1.54) is 38.9 Å². The van der Waals surface area contributed by atoms with Gasteiger partial charge in [-0.1, -0.05) is 20.8 Å². The van der Waals surface area contributed by atoms with Gasteiger partial charge in [-0.3, -0.25) is 0 Å². The molecule has 0 saturated carbocycles. The summed E-state index contributed by atoms with van der Waals surface area (Å²) in [7, 11) is 2.08. The minimum absolute atomic E-state index is 0.482. The minimum Gasteiger partial charge on any atom is -0.316 e. The summed E-state index contributed by atoms with van der Waals surface area (Å²) in [6.45, 7) is 10.8. The summed E-state index contributed by atoms with van der Waals surface area (Å²) < 4.78 is 0. The van der Waals surface area contributed by atoms with Crippen LogP contribution in [0.1, 0.15) is 40.0 Å². The normalized spacial score (nSPS) is 25.3. The predicted octanol–water partition coefficient (Wildman–Crippen LogP) is 2.11. The number of hydrogen-bond donors (Lipinski definition) is 1. The molecule has 0 amide bonds. The van der Waals surface area contributed by atoms with Gasteiger partial charge in [0.05, 0.1) is 0 Å². The van der Waals surface area contributed by atoms with Crippen LogP contribution >= 0.6 is 0 Å². The molecule has 1 heterocycles. The lowest BCUT2D eigenvalue weighted by molar-refractivity contribution is 0.131. The van der Waals surface area contributed by atoms with Crippen LogP contribution in [0.5, 0.6) is 0 Å². The van der Waals surface area contributed by atoms with Crippen LogP contribution in [0.4, 0.5) is 0 Å². The van der Waals surface area contributed by atoms with E-state index in [0.29, 0.717) is 5.41 Å². The van der Waals surface area contributed by atoms with E-state index in [0.717, 1.165) is 6.04 Å². The first-order valence-corrected chi connectivity index (χ1v) is 5.97. The van der Waals surface area contributed by atoms with Gasteiger partial charge in [0, 0.05) is 19.1 Å². The zero-order valence-corrected chi connectivity index (χ0v) is 10.3. The highest BCUT2D eigenvalue weighted by Crippen LogP contribution is 2.23. The Balaban J connectivity index is 2.37. The SMILES string of the molecule is CCC(C)(C)CN1CCCC(NC)C1. The zero-order valence-electron chi connectivity index (χ0n) is 10.3. The van der Waals surface area contributed by atoms with Crippen molar-refractivity contribution in [2.75, 3.05) is 26.7 Å². The second-order valence-electron chi connectivity index (χ2n) is 5.38. The molecule has 2 heteroatoms. The third-order valence-electron chi connectivity index (χ3n) is 3.52. The summed E-state index contributed by atoms with van der Waals surface area (Å²) in [4.78, 5) is 2.62. The molecule has 0 aromatic heterocycles. The van der Waals surface area contributed by atoms with Crippen molar-refractivity contribution >= 4 is 0 Å². The first-order chi connectivity index (χ1) is 6.57. The van der Waals surface area contributed by atoms with Gasteiger partial charge in [0.25, 0.3) is 0 Å². The summed E-state index contributed by atoms with van der Waals surface area (Å²) in [5.41, 5.74) is 0.482. The summed E-state index contributed by atoms with van der Waals surface area (Å²) in [5.74, 6) is 0. The van der Waals surface area contributed by atoms with Crippen LogP contribution in [0.3, 0.4) is 0 Å². The molecule has 1 N–H and O–H groups in total. The molecular formula is C12H26N2. The Bertz CT molecular complexity index is 166. The molecule has 0 radical (unpaired) electrons. The second kappa shape index (κ2) is 5.13. The van der Waals surface area contributed by atoms with Gasteiger partial charge in [-0.15, -0.1) is 0 Å². The zero-order chi connectivity index (χ0) is 10.6. The molecule has 14 heavy (non-hydrogen) atoms. The molecule has 1 aliphatic rings. The van der Waals surface area contributed by atoms with E-state index in [4.69, 9.17) is 0 Å². The highest BCUT2D eigenvalue weighted by atomic mass is 15.2. The van der Waals surface area contributed by atoms with Crippen molar-refractivity contribution in [3.05, 3.63) is 0 Å². The molecule has 0 aliphatic carbocycles. The molecule has 0 aromatic carbocycles. The number of likely N-dealkylation sites (tertiary alicyclic amines) is 1. The molecular weight excluding hydrogens is 172 g/mol. The average Bonchev–Trinajstić information content (AvgIpc) is 2.17. The molecule has 1 fully saturated rings. The molecule has 1 atom stereocenters. The maximum absolute atomic E-state index is 3.40. The van der Waals surface area contributed by atoms with Crippen molar-refractivity contribution in [2.24, 2.45) is 5.41 Å². The van der Waals surface area contributed by atoms with Crippen molar-refractivity contribution < 1.29 is 0 Å². The van der Waals surface area contributed by atoms with E-state index in [-0.39, 0.29) is 0 Å². The van der Waals surface area contributed by atoms with Crippen LogP contribution in [0.15, 0.2) is 0 Å². The average molecular weight is 198 g/mol. The van der Waals surface area contributed by atoms with Crippen LogP contribution < -0.4 is 5.32 Å². The van der Waals surface area contributed by atoms with E-state index in [1.807, 2.05) is 0 Å². The Morgan fingerprint density at radius 3 is 2.71 bits per heavy atom. The topological polar surface area (TPSA) is 15.3 Å². The summed E-state index contributed by atoms with van der Waals surface area (Å²) in [5, 5.41) is 3.40. The fraction of sp³-hybridized carbons (Fsp3) is 1.00.